The second kappa shape index (κ2) is 67.9. The van der Waals surface area contributed by atoms with E-state index in [0.717, 1.165) is 102 Å². The maximum atomic E-state index is 13.1. The molecule has 3 N–H and O–H groups in total. The SMILES string of the molecule is CCCCCCCCCCCCCCCCCCCC(=O)O[C@H](COC(=O)CCCCCCCCCCCCCCCC(C)C)COP(=O)(O)OC[C@@H](O)COP(=O)(O)OC[C@@H](COC(=O)CCCCCCCCCCCCC)OC(=O)CCCCCCCCCCC(C)C. The van der Waals surface area contributed by atoms with Crippen molar-refractivity contribution in [3.05, 3.63) is 0 Å². The molecule has 0 rings (SSSR count). The quantitative estimate of drug-likeness (QED) is 0.0222. The van der Waals surface area contributed by atoms with Crippen LogP contribution in [0.5, 0.6) is 0 Å². The second-order valence-electron chi connectivity index (χ2n) is 28.3. The van der Waals surface area contributed by atoms with Crippen LogP contribution in [-0.2, 0) is 65.4 Å². The Kier molecular flexibility index (Phi) is 66.5. The normalized spacial score (nSPS) is 14.0. The van der Waals surface area contributed by atoms with Gasteiger partial charge in [0.15, 0.2) is 12.2 Å². The smallest absolute Gasteiger partial charge is 0.462 e. The van der Waals surface area contributed by atoms with Gasteiger partial charge in [-0.15, -0.1) is 0 Å². The van der Waals surface area contributed by atoms with E-state index >= 15 is 0 Å². The van der Waals surface area contributed by atoms with Crippen molar-refractivity contribution in [1.82, 2.24) is 0 Å². The Hall–Kier alpha value is -1.94. The summed E-state index contributed by atoms with van der Waals surface area (Å²) in [6, 6.07) is 0. The van der Waals surface area contributed by atoms with Crippen molar-refractivity contribution in [3.63, 3.8) is 0 Å². The van der Waals surface area contributed by atoms with Crippen LogP contribution in [0.25, 0.3) is 0 Å². The average molecular weight is 1400 g/mol. The van der Waals surface area contributed by atoms with Gasteiger partial charge in [-0.25, -0.2) is 9.13 Å². The lowest BCUT2D eigenvalue weighted by Gasteiger charge is -2.21. The van der Waals surface area contributed by atoms with Crippen LogP contribution < -0.4 is 0 Å². The van der Waals surface area contributed by atoms with E-state index in [1.807, 2.05) is 0 Å². The summed E-state index contributed by atoms with van der Waals surface area (Å²) in [5, 5.41) is 10.6. The summed E-state index contributed by atoms with van der Waals surface area (Å²) in [5.41, 5.74) is 0. The van der Waals surface area contributed by atoms with Crippen LogP contribution in [-0.4, -0.2) is 96.7 Å². The van der Waals surface area contributed by atoms with E-state index in [4.69, 9.17) is 37.0 Å². The number of hydrogen-bond donors (Lipinski definition) is 3. The van der Waals surface area contributed by atoms with E-state index in [1.165, 1.54) is 212 Å². The van der Waals surface area contributed by atoms with Gasteiger partial charge in [-0.05, 0) is 37.5 Å². The third-order valence-corrected chi connectivity index (χ3v) is 19.6. The van der Waals surface area contributed by atoms with Gasteiger partial charge in [0.2, 0.25) is 0 Å². The minimum absolute atomic E-state index is 0.105. The van der Waals surface area contributed by atoms with Crippen LogP contribution in [0, 0.1) is 11.8 Å². The number of phosphoric acid groups is 2. The van der Waals surface area contributed by atoms with Crippen molar-refractivity contribution >= 4 is 39.5 Å². The average Bonchev–Trinajstić information content (AvgIpc) is 2.35. The topological polar surface area (TPSA) is 237 Å². The molecule has 17 nitrogen and oxygen atoms in total. The first-order chi connectivity index (χ1) is 45.9. The zero-order valence-corrected chi connectivity index (χ0v) is 63.8. The van der Waals surface area contributed by atoms with Crippen LogP contribution in [0.4, 0.5) is 0 Å². The predicted octanol–water partition coefficient (Wildman–Crippen LogP) is 22.3. The van der Waals surface area contributed by atoms with Gasteiger partial charge in [0.05, 0.1) is 26.4 Å². The highest BCUT2D eigenvalue weighted by molar-refractivity contribution is 7.47. The minimum Gasteiger partial charge on any atom is -0.462 e. The highest BCUT2D eigenvalue weighted by Gasteiger charge is 2.30. The van der Waals surface area contributed by atoms with Crippen molar-refractivity contribution in [2.45, 2.75) is 413 Å². The van der Waals surface area contributed by atoms with Gasteiger partial charge in [0.25, 0.3) is 0 Å². The molecule has 0 aliphatic carbocycles. The minimum atomic E-state index is -4.96. The molecular weight excluding hydrogens is 1250 g/mol. The number of unbranched alkanes of at least 4 members (excludes halogenated alkanes) is 45. The number of aliphatic hydroxyl groups is 1. The summed E-state index contributed by atoms with van der Waals surface area (Å²) in [6.07, 6.45) is 55.5. The van der Waals surface area contributed by atoms with Gasteiger partial charge in [-0.2, -0.15) is 0 Å². The Balaban J connectivity index is 5.24. The first-order valence-electron chi connectivity index (χ1n) is 39.5. The van der Waals surface area contributed by atoms with Crippen molar-refractivity contribution in [3.8, 4) is 0 Å². The number of esters is 4. The first kappa shape index (κ1) is 93.1. The molecule has 0 heterocycles. The lowest BCUT2D eigenvalue weighted by Crippen LogP contribution is -2.30. The largest absolute Gasteiger partial charge is 0.472 e. The Morgan fingerprint density at radius 3 is 0.716 bits per heavy atom. The highest BCUT2D eigenvalue weighted by Crippen LogP contribution is 2.45. The van der Waals surface area contributed by atoms with E-state index in [9.17, 15) is 43.2 Å². The molecule has 0 amide bonds. The molecule has 0 radical (unpaired) electrons. The van der Waals surface area contributed by atoms with Gasteiger partial charge in [0.1, 0.15) is 19.3 Å². The number of hydrogen-bond acceptors (Lipinski definition) is 15. The lowest BCUT2D eigenvalue weighted by molar-refractivity contribution is -0.161. The molecule has 2 unspecified atom stereocenters. The van der Waals surface area contributed by atoms with Gasteiger partial charge < -0.3 is 33.8 Å². The second-order valence-corrected chi connectivity index (χ2v) is 31.3. The Bertz CT molecular complexity index is 1840. The zero-order chi connectivity index (χ0) is 70.0. The van der Waals surface area contributed by atoms with Gasteiger partial charge in [-0.3, -0.25) is 37.3 Å². The van der Waals surface area contributed by atoms with Crippen LogP contribution in [0.2, 0.25) is 0 Å². The molecule has 0 aromatic rings. The molecule has 19 heteroatoms. The van der Waals surface area contributed by atoms with Crippen LogP contribution in [0.3, 0.4) is 0 Å². The van der Waals surface area contributed by atoms with Gasteiger partial charge >= 0.3 is 39.5 Å². The Morgan fingerprint density at radius 1 is 0.284 bits per heavy atom. The zero-order valence-electron chi connectivity index (χ0n) is 62.0. The number of rotatable bonds is 75. The summed E-state index contributed by atoms with van der Waals surface area (Å²) in [6.45, 7) is 9.57. The van der Waals surface area contributed by atoms with Crippen molar-refractivity contribution in [2.75, 3.05) is 39.6 Å². The molecule has 0 bridgehead atoms. The number of ether oxygens (including phenoxy) is 4. The third kappa shape index (κ3) is 70.3. The van der Waals surface area contributed by atoms with Crippen molar-refractivity contribution in [1.29, 1.82) is 0 Å². The third-order valence-electron chi connectivity index (χ3n) is 17.7. The first-order valence-corrected chi connectivity index (χ1v) is 42.5. The maximum Gasteiger partial charge on any atom is 0.472 e. The predicted molar refractivity (Wildman–Crippen MR) is 386 cm³/mol. The molecule has 0 aliphatic heterocycles. The summed E-state index contributed by atoms with van der Waals surface area (Å²) in [5.74, 6) is -0.606. The molecule has 0 fully saturated rings. The number of carbonyl (C=O) groups is 4. The molecule has 5 atom stereocenters. The summed E-state index contributed by atoms with van der Waals surface area (Å²) < 4.78 is 68.5. The van der Waals surface area contributed by atoms with Crippen molar-refractivity contribution < 1.29 is 80.2 Å². The maximum absolute atomic E-state index is 13.1. The number of aliphatic hydroxyl groups excluding tert-OH is 1. The number of carbonyl (C=O) groups excluding carboxylic acids is 4. The van der Waals surface area contributed by atoms with E-state index in [1.54, 1.807) is 0 Å². The molecule has 0 spiro atoms. The van der Waals surface area contributed by atoms with E-state index in [2.05, 4.69) is 41.5 Å². The molecule has 95 heavy (non-hydrogen) atoms. The van der Waals surface area contributed by atoms with E-state index < -0.39 is 97.5 Å². The molecule has 0 saturated heterocycles. The highest BCUT2D eigenvalue weighted by atomic mass is 31.2. The number of phosphoric ester groups is 2. The molecule has 0 aromatic carbocycles. The molecule has 0 saturated carbocycles. The van der Waals surface area contributed by atoms with Gasteiger partial charge in [0, 0.05) is 25.7 Å². The summed E-state index contributed by atoms with van der Waals surface area (Å²) in [4.78, 5) is 72.8. The Morgan fingerprint density at radius 2 is 0.484 bits per heavy atom. The van der Waals surface area contributed by atoms with Gasteiger partial charge in [-0.1, -0.05) is 343 Å². The fourth-order valence-electron chi connectivity index (χ4n) is 11.7. The molecule has 564 valence electrons. The van der Waals surface area contributed by atoms with Crippen LogP contribution in [0.1, 0.15) is 395 Å². The molecule has 0 aliphatic rings. The van der Waals surface area contributed by atoms with Crippen molar-refractivity contribution in [2.24, 2.45) is 11.8 Å². The lowest BCUT2D eigenvalue weighted by atomic mass is 10.0. The fourth-order valence-corrected chi connectivity index (χ4v) is 13.2. The summed E-state index contributed by atoms with van der Waals surface area (Å²) in [7, 11) is -9.91. The standard InChI is InChI=1S/C76H148O17P2/c1-7-9-11-13-15-17-19-20-21-22-23-26-31-35-42-48-54-60-75(80)92-71(64-87-74(79)59-53-47-41-34-30-27-24-25-29-32-38-44-50-56-68(3)4)66-90-94(82,83)88-62-70(77)63-89-95(84,85)91-67-72(93-76(81)61-55-49-43-37-36-39-45-51-57-69(5)6)65-86-73(78)58-52-46-40-33-28-18-16-14-12-10-8-2/h68-72,77H,7-67H2,1-6H3,(H,82,83)(H,84,85)/t70-,71-,72-/m1/s1. The fraction of sp³-hybridized carbons (Fsp3) is 0.947. The van der Waals surface area contributed by atoms with Crippen LogP contribution in [0.15, 0.2) is 0 Å². The van der Waals surface area contributed by atoms with E-state index in [-0.39, 0.29) is 25.7 Å². The molecular formula is C76H148O17P2. The molecule has 0 aromatic heterocycles. The van der Waals surface area contributed by atoms with Crippen LogP contribution >= 0.6 is 15.6 Å². The summed E-state index contributed by atoms with van der Waals surface area (Å²) >= 11 is 0. The Labute approximate surface area is 581 Å². The monoisotopic (exact) mass is 1400 g/mol. The van der Waals surface area contributed by atoms with E-state index in [0.29, 0.717) is 25.7 Å².